The van der Waals surface area contributed by atoms with Crippen molar-refractivity contribution in [3.63, 3.8) is 0 Å². The highest BCUT2D eigenvalue weighted by molar-refractivity contribution is 7.25. The van der Waals surface area contributed by atoms with Gasteiger partial charge in [0, 0.05) is 36.9 Å². The summed E-state index contributed by atoms with van der Waals surface area (Å²) in [6.07, 6.45) is 7.08. The number of rotatable bonds is 5. The molecule has 1 atom stereocenters. The molecule has 0 amide bonds. The van der Waals surface area contributed by atoms with Gasteiger partial charge in [-0.05, 0) is 52.9 Å². The molecule has 2 aliphatic rings. The Balaban J connectivity index is 1.35. The van der Waals surface area contributed by atoms with Crippen LogP contribution < -0.4 is 5.32 Å². The highest BCUT2D eigenvalue weighted by Crippen LogP contribution is 2.42. The molecule has 1 aliphatic carbocycles. The van der Waals surface area contributed by atoms with Crippen LogP contribution in [0, 0.1) is 0 Å². The Morgan fingerprint density at radius 1 is 0.595 bits per heavy atom. The van der Waals surface area contributed by atoms with E-state index in [1.807, 2.05) is 17.4 Å². The summed E-state index contributed by atoms with van der Waals surface area (Å²) in [6.45, 7) is 0. The maximum atomic E-state index is 5.32. The lowest BCUT2D eigenvalue weighted by molar-refractivity contribution is 0.763. The number of nitrogens with zero attached hydrogens (tertiary/aromatic N) is 2. The molecule has 42 heavy (non-hydrogen) atoms. The van der Waals surface area contributed by atoms with Gasteiger partial charge in [-0.25, -0.2) is 9.98 Å². The molecule has 0 bridgehead atoms. The number of benzene rings is 5. The van der Waals surface area contributed by atoms with E-state index in [4.69, 9.17) is 9.98 Å². The van der Waals surface area contributed by atoms with Crippen LogP contribution in [0.2, 0.25) is 0 Å². The van der Waals surface area contributed by atoms with Crippen molar-refractivity contribution in [3.05, 3.63) is 162 Å². The van der Waals surface area contributed by atoms with E-state index in [0.29, 0.717) is 0 Å². The number of amidine groups is 2. The van der Waals surface area contributed by atoms with E-state index in [1.165, 1.54) is 42.4 Å². The molecule has 1 unspecified atom stereocenters. The summed E-state index contributed by atoms with van der Waals surface area (Å²) in [7, 11) is 0. The largest absolute Gasteiger partial charge is 0.324 e. The minimum absolute atomic E-state index is 0.406. The van der Waals surface area contributed by atoms with E-state index in [2.05, 4.69) is 139 Å². The van der Waals surface area contributed by atoms with E-state index in [9.17, 15) is 0 Å². The van der Waals surface area contributed by atoms with Crippen molar-refractivity contribution >= 4 is 48.8 Å². The van der Waals surface area contributed by atoms with Gasteiger partial charge in [-0.3, -0.25) is 0 Å². The Labute approximate surface area is 248 Å². The molecule has 0 radical (unpaired) electrons. The molecule has 0 saturated carbocycles. The van der Waals surface area contributed by atoms with Crippen LogP contribution in [0.4, 0.5) is 0 Å². The van der Waals surface area contributed by atoms with Gasteiger partial charge in [-0.1, -0.05) is 115 Å². The first kappa shape index (κ1) is 24.7. The molecule has 200 valence electrons. The van der Waals surface area contributed by atoms with E-state index >= 15 is 0 Å². The fourth-order valence-electron chi connectivity index (χ4n) is 5.89. The second kappa shape index (κ2) is 10.4. The van der Waals surface area contributed by atoms with Gasteiger partial charge in [0.1, 0.15) is 11.7 Å². The molecule has 1 N–H and O–H groups in total. The summed E-state index contributed by atoms with van der Waals surface area (Å²) in [5.74, 6) is 1.66. The van der Waals surface area contributed by atoms with Crippen LogP contribution in [0.25, 0.3) is 36.9 Å². The molecular weight excluding hydrogens is 531 g/mol. The molecule has 0 fully saturated rings. The normalized spacial score (nSPS) is 16.3. The van der Waals surface area contributed by atoms with Crippen LogP contribution in [-0.2, 0) is 0 Å². The van der Waals surface area contributed by atoms with E-state index in [0.717, 1.165) is 34.8 Å². The number of nitrogens with one attached hydrogen (secondary N) is 1. The highest BCUT2D eigenvalue weighted by atomic mass is 32.1. The summed E-state index contributed by atoms with van der Waals surface area (Å²) in [5, 5.41) is 6.08. The van der Waals surface area contributed by atoms with Gasteiger partial charge in [0.15, 0.2) is 6.17 Å². The number of aliphatic imine (C=N–C) groups is 2. The molecule has 0 saturated heterocycles. The maximum absolute atomic E-state index is 5.32. The standard InChI is InChI=1S/C38H27N3S/c1-3-12-26(13-4-1)30-23-32(35-31-20-9-10-21-33(31)42-34(35)24-30)38-40-36(27-16-5-2-6-17-27)39-37(41-38)29-19-11-18-28(22-29)25-14-7-8-15-25/h1-14,16-24,38H,15H2,(H,39,40,41). The third kappa shape index (κ3) is 4.47. The first-order valence-corrected chi connectivity index (χ1v) is 15.1. The maximum Gasteiger partial charge on any atom is 0.170 e. The molecule has 1 aromatic heterocycles. The van der Waals surface area contributed by atoms with Gasteiger partial charge in [0.25, 0.3) is 0 Å². The molecule has 4 heteroatoms. The molecule has 5 aromatic carbocycles. The zero-order valence-corrected chi connectivity index (χ0v) is 23.7. The average Bonchev–Trinajstić information content (AvgIpc) is 3.74. The molecule has 8 rings (SSSR count). The molecule has 2 heterocycles. The predicted molar refractivity (Wildman–Crippen MR) is 178 cm³/mol. The fraction of sp³-hybridized carbons (Fsp3) is 0.0526. The Bertz CT molecular complexity index is 2080. The highest BCUT2D eigenvalue weighted by Gasteiger charge is 2.24. The Morgan fingerprint density at radius 3 is 2.07 bits per heavy atom. The van der Waals surface area contributed by atoms with E-state index in [1.54, 1.807) is 0 Å². The SMILES string of the molecule is C1=CCC(c2cccc(C3=NC(c4cc(-c5ccccc5)cc5sc6ccccc6c45)N=C(c4ccccc4)N3)c2)=C1. The van der Waals surface area contributed by atoms with Gasteiger partial charge in [0.05, 0.1) is 0 Å². The average molecular weight is 558 g/mol. The van der Waals surface area contributed by atoms with Crippen LogP contribution in [0.15, 0.2) is 150 Å². The molecule has 3 nitrogen and oxygen atoms in total. The summed E-state index contributed by atoms with van der Waals surface area (Å²) >= 11 is 1.83. The predicted octanol–water partition coefficient (Wildman–Crippen LogP) is 9.56. The summed E-state index contributed by atoms with van der Waals surface area (Å²) in [6, 6.07) is 42.9. The van der Waals surface area contributed by atoms with E-state index in [-0.39, 0.29) is 0 Å². The Kier molecular flexibility index (Phi) is 6.12. The zero-order valence-electron chi connectivity index (χ0n) is 22.9. The summed E-state index contributed by atoms with van der Waals surface area (Å²) < 4.78 is 2.53. The van der Waals surface area contributed by atoms with Crippen molar-refractivity contribution in [3.8, 4) is 11.1 Å². The lowest BCUT2D eigenvalue weighted by Crippen LogP contribution is -2.36. The smallest absolute Gasteiger partial charge is 0.170 e. The van der Waals surface area contributed by atoms with Gasteiger partial charge < -0.3 is 5.32 Å². The van der Waals surface area contributed by atoms with Gasteiger partial charge in [-0.2, -0.15) is 0 Å². The second-order valence-corrected chi connectivity index (χ2v) is 11.7. The molecule has 1 aliphatic heterocycles. The minimum atomic E-state index is -0.406. The minimum Gasteiger partial charge on any atom is -0.324 e. The molecule has 0 spiro atoms. The van der Waals surface area contributed by atoms with Crippen LogP contribution in [-0.4, -0.2) is 11.7 Å². The van der Waals surface area contributed by atoms with Crippen molar-refractivity contribution in [2.45, 2.75) is 12.6 Å². The van der Waals surface area contributed by atoms with Crippen molar-refractivity contribution in [2.75, 3.05) is 0 Å². The van der Waals surface area contributed by atoms with Gasteiger partial charge in [0.2, 0.25) is 0 Å². The first-order chi connectivity index (χ1) is 20.8. The third-order valence-electron chi connectivity index (χ3n) is 7.96. The number of fused-ring (bicyclic) bond motifs is 3. The summed E-state index contributed by atoms with van der Waals surface area (Å²) in [5.41, 5.74) is 8.13. The first-order valence-electron chi connectivity index (χ1n) is 14.3. The number of allylic oxidation sites excluding steroid dienone is 4. The summed E-state index contributed by atoms with van der Waals surface area (Å²) in [4.78, 5) is 10.6. The lowest BCUT2D eigenvalue weighted by Gasteiger charge is -2.23. The van der Waals surface area contributed by atoms with Crippen LogP contribution in [0.3, 0.4) is 0 Å². The van der Waals surface area contributed by atoms with Gasteiger partial charge >= 0.3 is 0 Å². The Hall–Kier alpha value is -5.06. The topological polar surface area (TPSA) is 36.8 Å². The fourth-order valence-corrected chi connectivity index (χ4v) is 7.07. The number of hydrogen-bond acceptors (Lipinski definition) is 4. The van der Waals surface area contributed by atoms with E-state index < -0.39 is 6.17 Å². The van der Waals surface area contributed by atoms with Crippen molar-refractivity contribution < 1.29 is 0 Å². The van der Waals surface area contributed by atoms with Crippen LogP contribution in [0.1, 0.15) is 34.8 Å². The zero-order chi connectivity index (χ0) is 27.9. The second-order valence-electron chi connectivity index (χ2n) is 10.6. The van der Waals surface area contributed by atoms with Crippen molar-refractivity contribution in [1.82, 2.24) is 5.32 Å². The molecule has 6 aromatic rings. The van der Waals surface area contributed by atoms with Crippen LogP contribution >= 0.6 is 11.3 Å². The third-order valence-corrected chi connectivity index (χ3v) is 9.08. The lowest BCUT2D eigenvalue weighted by atomic mass is 9.97. The quantitative estimate of drug-likeness (QED) is 0.225. The number of thiophene rings is 1. The van der Waals surface area contributed by atoms with Gasteiger partial charge in [-0.15, -0.1) is 11.3 Å². The van der Waals surface area contributed by atoms with Crippen molar-refractivity contribution in [1.29, 1.82) is 0 Å². The monoisotopic (exact) mass is 557 g/mol. The van der Waals surface area contributed by atoms with Crippen molar-refractivity contribution in [2.24, 2.45) is 9.98 Å². The van der Waals surface area contributed by atoms with Crippen LogP contribution in [0.5, 0.6) is 0 Å². The Morgan fingerprint density at radius 2 is 1.29 bits per heavy atom. The molecular formula is C38H27N3S. The number of hydrogen-bond donors (Lipinski definition) is 1.